The van der Waals surface area contributed by atoms with Crippen LogP contribution in [0.3, 0.4) is 0 Å². The molecule has 0 saturated carbocycles. The number of Topliss-reactive ketones (excluding diaryl/α,β-unsaturated/α-hetero) is 1. The maximum Gasteiger partial charge on any atom is 0.255 e. The van der Waals surface area contributed by atoms with Crippen LogP contribution in [0.4, 0.5) is 0 Å². The number of carbonyl (C=O) groups is 2. The fraction of sp³-hybridized carbons (Fsp3) is 0.107. The van der Waals surface area contributed by atoms with Gasteiger partial charge in [-0.1, -0.05) is 17.7 Å². The number of aliphatic hydroxyl groups excluding tert-OH is 1. The van der Waals surface area contributed by atoms with E-state index in [0.29, 0.717) is 22.1 Å². The molecule has 0 atom stereocenters. The first-order chi connectivity index (χ1) is 18.0. The summed E-state index contributed by atoms with van der Waals surface area (Å²) in [5.41, 5.74) is 1.44. The van der Waals surface area contributed by atoms with Crippen molar-refractivity contribution >= 4 is 45.0 Å². The van der Waals surface area contributed by atoms with Gasteiger partial charge in [-0.25, -0.2) is 0 Å². The summed E-state index contributed by atoms with van der Waals surface area (Å²) in [7, 11) is 0. The Balaban J connectivity index is 1.37. The van der Waals surface area contributed by atoms with Crippen molar-refractivity contribution in [2.75, 3.05) is 19.8 Å². The molecule has 37 heavy (non-hydrogen) atoms. The Morgan fingerprint density at radius 2 is 1.89 bits per heavy atom. The first-order valence-electron chi connectivity index (χ1n) is 11.5. The molecule has 1 amide bonds. The van der Waals surface area contributed by atoms with Crippen LogP contribution < -0.4 is 14.8 Å². The van der Waals surface area contributed by atoms with Gasteiger partial charge in [-0.2, -0.15) is 0 Å². The van der Waals surface area contributed by atoms with E-state index in [2.05, 4.69) is 15.3 Å². The highest BCUT2D eigenvalue weighted by Crippen LogP contribution is 2.30. The first-order valence-corrected chi connectivity index (χ1v) is 11.9. The van der Waals surface area contributed by atoms with Gasteiger partial charge in [0, 0.05) is 46.5 Å². The second kappa shape index (κ2) is 10.7. The number of aromatic nitrogens is 2. The number of amides is 1. The maximum absolute atomic E-state index is 13.1. The number of hydrogen-bond donors (Lipinski definition) is 3. The Bertz CT molecular complexity index is 1600. The number of nitrogens with one attached hydrogen (secondary N) is 2. The van der Waals surface area contributed by atoms with Gasteiger partial charge >= 0.3 is 0 Å². The second-order valence-corrected chi connectivity index (χ2v) is 8.67. The minimum Gasteiger partial charge on any atom is -0.485 e. The lowest BCUT2D eigenvalue weighted by Gasteiger charge is -2.13. The van der Waals surface area contributed by atoms with Crippen molar-refractivity contribution in [2.45, 2.75) is 0 Å². The predicted molar refractivity (Wildman–Crippen MR) is 141 cm³/mol. The summed E-state index contributed by atoms with van der Waals surface area (Å²) in [6.45, 7) is -0.387. The number of nitrogens with zero attached hydrogens (tertiary/aromatic N) is 1. The maximum atomic E-state index is 13.1. The lowest BCUT2D eigenvalue weighted by atomic mass is 10.0. The molecule has 0 saturated heterocycles. The summed E-state index contributed by atoms with van der Waals surface area (Å²) in [6.07, 6.45) is 4.91. The van der Waals surface area contributed by atoms with E-state index in [1.54, 1.807) is 73.2 Å². The molecule has 0 unspecified atom stereocenters. The lowest BCUT2D eigenvalue weighted by molar-refractivity contribution is 0.0903. The molecule has 0 aliphatic rings. The number of H-pyrrole nitrogens is 1. The Morgan fingerprint density at radius 1 is 1.00 bits per heavy atom. The number of benzene rings is 3. The molecular formula is C28H22ClN3O5. The SMILES string of the molecule is O=C(NCCO)c1cc2cc(Cl)ccc2cc1OCC(=O)c1c[nH]c2cc(Oc3cccnc3)ccc12. The molecule has 3 aromatic carbocycles. The molecule has 186 valence electrons. The number of ether oxygens (including phenoxy) is 2. The summed E-state index contributed by atoms with van der Waals surface area (Å²) >= 11 is 6.11. The Labute approximate surface area is 216 Å². The average Bonchev–Trinajstić information content (AvgIpc) is 3.34. The van der Waals surface area contributed by atoms with Gasteiger partial charge < -0.3 is 24.9 Å². The highest BCUT2D eigenvalue weighted by atomic mass is 35.5. The standard InChI is InChI=1S/C28H22ClN3O5/c29-19-4-3-17-12-27(23(11-18(17)10-19)28(35)31-8-9-33)36-16-26(34)24-15-32-25-13-20(5-6-22(24)25)37-21-2-1-7-30-14-21/h1-7,10-15,32-33H,8-9,16H2,(H,31,35). The lowest BCUT2D eigenvalue weighted by Crippen LogP contribution is -2.27. The number of hydrogen-bond acceptors (Lipinski definition) is 6. The Morgan fingerprint density at radius 3 is 2.70 bits per heavy atom. The van der Waals surface area contributed by atoms with Gasteiger partial charge in [-0.05, 0) is 59.3 Å². The number of halogens is 1. The van der Waals surface area contributed by atoms with Crippen molar-refractivity contribution in [1.82, 2.24) is 15.3 Å². The van der Waals surface area contributed by atoms with Crippen LogP contribution in [0.2, 0.25) is 5.02 Å². The van der Waals surface area contributed by atoms with Gasteiger partial charge in [0.25, 0.3) is 5.91 Å². The predicted octanol–water partition coefficient (Wildman–Crippen LogP) is 5.15. The summed E-state index contributed by atoms with van der Waals surface area (Å²) in [5, 5.41) is 14.5. The first kappa shape index (κ1) is 24.3. The number of fused-ring (bicyclic) bond motifs is 2. The van der Waals surface area contributed by atoms with Crippen molar-refractivity contribution in [3.05, 3.63) is 95.4 Å². The molecule has 5 rings (SSSR count). The molecule has 0 spiro atoms. The minimum atomic E-state index is -0.424. The van der Waals surface area contributed by atoms with Gasteiger partial charge in [0.1, 0.15) is 17.2 Å². The van der Waals surface area contributed by atoms with Gasteiger partial charge in [0.15, 0.2) is 6.61 Å². The van der Waals surface area contributed by atoms with E-state index in [0.717, 1.165) is 21.7 Å². The Hall–Kier alpha value is -4.40. The third-order valence-corrected chi connectivity index (χ3v) is 5.96. The van der Waals surface area contributed by atoms with E-state index >= 15 is 0 Å². The van der Waals surface area contributed by atoms with Crippen LogP contribution in [0.15, 0.2) is 79.3 Å². The van der Waals surface area contributed by atoms with Crippen LogP contribution in [0.25, 0.3) is 21.7 Å². The largest absolute Gasteiger partial charge is 0.485 e. The number of carbonyl (C=O) groups excluding carboxylic acids is 2. The van der Waals surface area contributed by atoms with E-state index in [4.69, 9.17) is 26.2 Å². The van der Waals surface area contributed by atoms with Crippen molar-refractivity contribution in [2.24, 2.45) is 0 Å². The average molecular weight is 516 g/mol. The van der Waals surface area contributed by atoms with Crippen LogP contribution in [-0.2, 0) is 0 Å². The summed E-state index contributed by atoms with van der Waals surface area (Å²) < 4.78 is 11.7. The van der Waals surface area contributed by atoms with E-state index in [9.17, 15) is 9.59 Å². The van der Waals surface area contributed by atoms with Crippen LogP contribution in [0.5, 0.6) is 17.2 Å². The van der Waals surface area contributed by atoms with Gasteiger partial charge in [-0.15, -0.1) is 0 Å². The van der Waals surface area contributed by atoms with Crippen molar-refractivity contribution in [3.8, 4) is 17.2 Å². The van der Waals surface area contributed by atoms with Crippen molar-refractivity contribution in [3.63, 3.8) is 0 Å². The molecule has 0 radical (unpaired) electrons. The topological polar surface area (TPSA) is 114 Å². The fourth-order valence-corrected chi connectivity index (χ4v) is 4.15. The molecule has 0 fully saturated rings. The third kappa shape index (κ3) is 5.40. The summed E-state index contributed by atoms with van der Waals surface area (Å²) in [5.74, 6) is 0.782. The highest BCUT2D eigenvalue weighted by molar-refractivity contribution is 6.31. The van der Waals surface area contributed by atoms with Crippen LogP contribution in [0.1, 0.15) is 20.7 Å². The normalized spacial score (nSPS) is 11.0. The fourth-order valence-electron chi connectivity index (χ4n) is 3.97. The molecule has 9 heteroatoms. The molecular weight excluding hydrogens is 494 g/mol. The zero-order valence-electron chi connectivity index (χ0n) is 19.5. The third-order valence-electron chi connectivity index (χ3n) is 5.73. The van der Waals surface area contributed by atoms with E-state index in [1.807, 2.05) is 6.07 Å². The van der Waals surface area contributed by atoms with E-state index in [-0.39, 0.29) is 36.9 Å². The molecule has 2 aromatic heterocycles. The molecule has 0 aliphatic heterocycles. The van der Waals surface area contributed by atoms with Crippen LogP contribution in [0, 0.1) is 0 Å². The number of aliphatic hydroxyl groups is 1. The monoisotopic (exact) mass is 515 g/mol. The zero-order valence-corrected chi connectivity index (χ0v) is 20.3. The second-order valence-electron chi connectivity index (χ2n) is 8.23. The molecule has 5 aromatic rings. The summed E-state index contributed by atoms with van der Waals surface area (Å²) in [6, 6.07) is 17.6. The minimum absolute atomic E-state index is 0.0899. The van der Waals surface area contributed by atoms with Gasteiger partial charge in [0.2, 0.25) is 5.78 Å². The zero-order chi connectivity index (χ0) is 25.8. The molecule has 0 aliphatic carbocycles. The highest BCUT2D eigenvalue weighted by Gasteiger charge is 2.18. The number of ketones is 1. The van der Waals surface area contributed by atoms with Gasteiger partial charge in [-0.3, -0.25) is 14.6 Å². The van der Waals surface area contributed by atoms with E-state index < -0.39 is 5.91 Å². The number of pyridine rings is 1. The summed E-state index contributed by atoms with van der Waals surface area (Å²) in [4.78, 5) is 33.0. The van der Waals surface area contributed by atoms with Crippen LogP contribution in [-0.4, -0.2) is 46.5 Å². The molecule has 3 N–H and O–H groups in total. The number of aromatic amines is 1. The van der Waals surface area contributed by atoms with Crippen LogP contribution >= 0.6 is 11.6 Å². The van der Waals surface area contributed by atoms with Gasteiger partial charge in [0.05, 0.1) is 18.4 Å². The molecule has 0 bridgehead atoms. The van der Waals surface area contributed by atoms with Crippen molar-refractivity contribution in [1.29, 1.82) is 0 Å². The van der Waals surface area contributed by atoms with E-state index in [1.165, 1.54) is 0 Å². The molecule has 2 heterocycles. The van der Waals surface area contributed by atoms with Crippen molar-refractivity contribution < 1.29 is 24.2 Å². The number of rotatable bonds is 9. The Kier molecular flexibility index (Phi) is 7.02. The smallest absolute Gasteiger partial charge is 0.255 e. The quantitative estimate of drug-likeness (QED) is 0.234. The molecule has 8 nitrogen and oxygen atoms in total.